The van der Waals surface area contributed by atoms with E-state index in [1.165, 1.54) is 12.8 Å². The number of hydrogen-bond donors (Lipinski definition) is 3. The zero-order valence-electron chi connectivity index (χ0n) is 14.8. The van der Waals surface area contributed by atoms with Crippen molar-refractivity contribution in [3.05, 3.63) is 0 Å². The quantitative estimate of drug-likeness (QED) is 0.345. The number of aliphatic hydroxyl groups is 1. The van der Waals surface area contributed by atoms with Gasteiger partial charge in [0.2, 0.25) is 0 Å². The largest absolute Gasteiger partial charge is 0.393 e. The average Bonchev–Trinajstić information content (AvgIpc) is 2.49. The summed E-state index contributed by atoms with van der Waals surface area (Å²) in [5.41, 5.74) is 0. The number of rotatable bonds is 9. The normalized spacial score (nSPS) is 18.0. The van der Waals surface area contributed by atoms with Gasteiger partial charge in [-0.15, -0.1) is 0 Å². The molecule has 0 amide bonds. The molecule has 5 heteroatoms. The van der Waals surface area contributed by atoms with Crippen LogP contribution in [0.15, 0.2) is 4.99 Å². The van der Waals surface area contributed by atoms with Crippen molar-refractivity contribution in [1.29, 1.82) is 0 Å². The van der Waals surface area contributed by atoms with E-state index < -0.39 is 0 Å². The van der Waals surface area contributed by atoms with Gasteiger partial charge < -0.3 is 20.6 Å². The molecule has 0 atom stereocenters. The van der Waals surface area contributed by atoms with Crippen LogP contribution in [-0.4, -0.2) is 61.3 Å². The van der Waals surface area contributed by atoms with Crippen LogP contribution in [0.2, 0.25) is 0 Å². The highest BCUT2D eigenvalue weighted by atomic mass is 16.3. The minimum absolute atomic E-state index is 0.0790. The maximum absolute atomic E-state index is 9.50. The highest BCUT2D eigenvalue weighted by Crippen LogP contribution is 2.09. The fraction of sp³-hybridized carbons (Fsp3) is 0.941. The van der Waals surface area contributed by atoms with Crippen molar-refractivity contribution in [2.24, 2.45) is 10.9 Å². The summed E-state index contributed by atoms with van der Waals surface area (Å²) in [7, 11) is 0. The Kier molecular flexibility index (Phi) is 10.2. The first-order valence-electron chi connectivity index (χ1n) is 9.04. The number of hydrogen-bond acceptors (Lipinski definition) is 3. The van der Waals surface area contributed by atoms with Crippen molar-refractivity contribution < 1.29 is 5.11 Å². The summed E-state index contributed by atoms with van der Waals surface area (Å²) >= 11 is 0. The highest BCUT2D eigenvalue weighted by Gasteiger charge is 2.15. The maximum Gasteiger partial charge on any atom is 0.191 e. The van der Waals surface area contributed by atoms with E-state index in [0.717, 1.165) is 70.4 Å². The first-order valence-corrected chi connectivity index (χ1v) is 9.04. The molecule has 3 N–H and O–H groups in total. The minimum Gasteiger partial charge on any atom is -0.393 e. The second-order valence-electron chi connectivity index (χ2n) is 6.65. The summed E-state index contributed by atoms with van der Waals surface area (Å²) in [5, 5.41) is 16.2. The summed E-state index contributed by atoms with van der Waals surface area (Å²) in [6.07, 6.45) is 5.29. The lowest BCUT2D eigenvalue weighted by Crippen LogP contribution is -2.38. The fourth-order valence-electron chi connectivity index (χ4n) is 2.69. The number of piperidine rings is 1. The molecule has 5 nitrogen and oxygen atoms in total. The van der Waals surface area contributed by atoms with E-state index >= 15 is 0 Å². The van der Waals surface area contributed by atoms with E-state index in [9.17, 15) is 5.11 Å². The summed E-state index contributed by atoms with van der Waals surface area (Å²) in [6.45, 7) is 12.5. The van der Waals surface area contributed by atoms with Gasteiger partial charge in [-0.1, -0.05) is 13.8 Å². The van der Waals surface area contributed by atoms with Crippen LogP contribution in [0.1, 0.15) is 52.9 Å². The van der Waals surface area contributed by atoms with Gasteiger partial charge in [0.1, 0.15) is 0 Å². The zero-order chi connectivity index (χ0) is 16.2. The van der Waals surface area contributed by atoms with E-state index in [2.05, 4.69) is 41.3 Å². The van der Waals surface area contributed by atoms with Gasteiger partial charge in [-0.3, -0.25) is 4.99 Å². The molecule has 0 aromatic heterocycles. The number of likely N-dealkylation sites (tertiary alicyclic amines) is 1. The van der Waals surface area contributed by atoms with Crippen LogP contribution >= 0.6 is 0 Å². The molecule has 0 spiro atoms. The van der Waals surface area contributed by atoms with Gasteiger partial charge in [0, 0.05) is 32.7 Å². The number of nitrogens with zero attached hydrogens (tertiary/aromatic N) is 2. The second-order valence-corrected chi connectivity index (χ2v) is 6.65. The predicted octanol–water partition coefficient (Wildman–Crippen LogP) is 1.82. The average molecular weight is 313 g/mol. The third-order valence-corrected chi connectivity index (χ3v) is 4.05. The Hall–Kier alpha value is -0.810. The van der Waals surface area contributed by atoms with E-state index in [1.54, 1.807) is 0 Å². The molecule has 0 bridgehead atoms. The van der Waals surface area contributed by atoms with E-state index in [4.69, 9.17) is 0 Å². The van der Waals surface area contributed by atoms with Crippen molar-refractivity contribution in [3.8, 4) is 0 Å². The Balaban J connectivity index is 2.15. The molecule has 0 aromatic carbocycles. The van der Waals surface area contributed by atoms with Crippen molar-refractivity contribution in [1.82, 2.24) is 15.5 Å². The van der Waals surface area contributed by atoms with Gasteiger partial charge in [0.25, 0.3) is 0 Å². The fourth-order valence-corrected chi connectivity index (χ4v) is 2.69. The molecule has 1 rings (SSSR count). The third-order valence-electron chi connectivity index (χ3n) is 4.05. The van der Waals surface area contributed by atoms with Crippen molar-refractivity contribution >= 4 is 5.96 Å². The van der Waals surface area contributed by atoms with Crippen LogP contribution in [0.25, 0.3) is 0 Å². The Morgan fingerprint density at radius 3 is 2.59 bits per heavy atom. The molecule has 0 unspecified atom stereocenters. The number of nitrogens with one attached hydrogen (secondary N) is 2. The van der Waals surface area contributed by atoms with Gasteiger partial charge in [0.05, 0.1) is 6.10 Å². The second kappa shape index (κ2) is 11.7. The van der Waals surface area contributed by atoms with Gasteiger partial charge in [0.15, 0.2) is 5.96 Å². The number of aliphatic hydroxyl groups excluding tert-OH is 1. The van der Waals surface area contributed by atoms with E-state index in [0.29, 0.717) is 0 Å². The lowest BCUT2D eigenvalue weighted by Gasteiger charge is -2.29. The molecular formula is C17H36N4O. The molecule has 1 aliphatic rings. The summed E-state index contributed by atoms with van der Waals surface area (Å²) in [6, 6.07) is 0. The monoisotopic (exact) mass is 312 g/mol. The Morgan fingerprint density at radius 2 is 1.95 bits per heavy atom. The number of guanidine groups is 1. The summed E-state index contributed by atoms with van der Waals surface area (Å²) < 4.78 is 0. The molecule has 1 saturated heterocycles. The van der Waals surface area contributed by atoms with Crippen LogP contribution in [0.5, 0.6) is 0 Å². The van der Waals surface area contributed by atoms with Gasteiger partial charge in [-0.05, 0) is 51.5 Å². The Morgan fingerprint density at radius 1 is 1.23 bits per heavy atom. The molecular weight excluding hydrogens is 276 g/mol. The topological polar surface area (TPSA) is 59.9 Å². The van der Waals surface area contributed by atoms with Crippen LogP contribution in [0.3, 0.4) is 0 Å². The lowest BCUT2D eigenvalue weighted by molar-refractivity contribution is 0.0824. The molecule has 0 aromatic rings. The third kappa shape index (κ3) is 9.26. The lowest BCUT2D eigenvalue weighted by atomic mass is 10.1. The van der Waals surface area contributed by atoms with Gasteiger partial charge in [-0.2, -0.15) is 0 Å². The molecule has 0 saturated carbocycles. The molecule has 130 valence electrons. The summed E-state index contributed by atoms with van der Waals surface area (Å²) in [5.74, 6) is 1.71. The van der Waals surface area contributed by atoms with Crippen LogP contribution in [0, 0.1) is 5.92 Å². The Bertz CT molecular complexity index is 299. The summed E-state index contributed by atoms with van der Waals surface area (Å²) in [4.78, 5) is 7.08. The van der Waals surface area contributed by atoms with Crippen LogP contribution < -0.4 is 10.6 Å². The van der Waals surface area contributed by atoms with Crippen LogP contribution in [0.4, 0.5) is 0 Å². The molecule has 1 aliphatic heterocycles. The zero-order valence-corrected chi connectivity index (χ0v) is 14.8. The first-order chi connectivity index (χ1) is 10.6. The van der Waals surface area contributed by atoms with Crippen molar-refractivity contribution in [2.75, 3.05) is 39.3 Å². The maximum atomic E-state index is 9.50. The molecule has 22 heavy (non-hydrogen) atoms. The molecule has 1 heterocycles. The van der Waals surface area contributed by atoms with Crippen molar-refractivity contribution in [2.45, 2.75) is 59.0 Å². The smallest absolute Gasteiger partial charge is 0.191 e. The standard InChI is InChI=1S/C17H36N4O/c1-4-18-17(19-10-5-7-15(2)3)20-11-6-12-21-13-8-16(22)9-14-21/h15-16,22H,4-14H2,1-3H3,(H2,18,19,20). The van der Waals surface area contributed by atoms with Gasteiger partial charge in [-0.25, -0.2) is 0 Å². The van der Waals surface area contributed by atoms with E-state index in [1.807, 2.05) is 0 Å². The number of aliphatic imine (C=N–C) groups is 1. The first kappa shape index (κ1) is 19.2. The molecule has 0 aliphatic carbocycles. The minimum atomic E-state index is -0.0790. The van der Waals surface area contributed by atoms with Gasteiger partial charge >= 0.3 is 0 Å². The predicted molar refractivity (Wildman–Crippen MR) is 94.4 cm³/mol. The highest BCUT2D eigenvalue weighted by molar-refractivity contribution is 5.79. The Labute approximate surface area is 136 Å². The SMILES string of the molecule is CCNC(=NCCCN1CCC(O)CC1)NCCCC(C)C. The molecule has 0 radical (unpaired) electrons. The molecule has 1 fully saturated rings. The van der Waals surface area contributed by atoms with E-state index in [-0.39, 0.29) is 6.10 Å². The van der Waals surface area contributed by atoms with Crippen molar-refractivity contribution in [3.63, 3.8) is 0 Å². The van der Waals surface area contributed by atoms with Crippen LogP contribution in [-0.2, 0) is 0 Å².